The van der Waals surface area contributed by atoms with Crippen molar-refractivity contribution in [3.63, 3.8) is 0 Å². The summed E-state index contributed by atoms with van der Waals surface area (Å²) in [6, 6.07) is 7.46. The van der Waals surface area contributed by atoms with Crippen molar-refractivity contribution in [1.82, 2.24) is 4.98 Å². The lowest BCUT2D eigenvalue weighted by atomic mass is 9.82. The Hall–Kier alpha value is -3.26. The number of aromatic nitrogens is 1. The van der Waals surface area contributed by atoms with Gasteiger partial charge in [0.05, 0.1) is 19.4 Å². The summed E-state index contributed by atoms with van der Waals surface area (Å²) in [6.07, 6.45) is 3.60. The number of carbonyl (C=O) groups is 2. The van der Waals surface area contributed by atoms with E-state index in [0.29, 0.717) is 11.3 Å². The van der Waals surface area contributed by atoms with Crippen molar-refractivity contribution in [1.29, 1.82) is 5.41 Å². The molecule has 0 bridgehead atoms. The lowest BCUT2D eigenvalue weighted by molar-refractivity contribution is -0.148. The fraction of sp³-hybridized carbons (Fsp3) is 0.391. The van der Waals surface area contributed by atoms with Crippen LogP contribution in [0.25, 0.3) is 11.1 Å². The molecule has 1 atom stereocenters. The molecule has 8 nitrogen and oxygen atoms in total. The van der Waals surface area contributed by atoms with E-state index >= 15 is 0 Å². The first-order valence-electron chi connectivity index (χ1n) is 10.4. The fourth-order valence-electron chi connectivity index (χ4n) is 4.04. The van der Waals surface area contributed by atoms with Crippen LogP contribution in [-0.4, -0.2) is 36.2 Å². The average Bonchev–Trinajstić information content (AvgIpc) is 2.77. The van der Waals surface area contributed by atoms with Crippen molar-refractivity contribution in [3.05, 3.63) is 41.1 Å². The number of fused-ring (bicyclic) bond motifs is 1. The number of nitrogens with zero attached hydrogens (tertiary/aromatic N) is 1. The van der Waals surface area contributed by atoms with Crippen molar-refractivity contribution in [2.45, 2.75) is 39.5 Å². The molecule has 1 aliphatic rings. The molecule has 0 saturated carbocycles. The van der Waals surface area contributed by atoms with Crippen molar-refractivity contribution in [3.8, 4) is 16.9 Å². The number of ether oxygens (including phenoxy) is 2. The number of ketones is 1. The number of hydrogen-bond donors (Lipinski definition) is 3. The molecule has 0 fully saturated rings. The van der Waals surface area contributed by atoms with Crippen LogP contribution in [0.15, 0.2) is 24.3 Å². The fourth-order valence-corrected chi connectivity index (χ4v) is 4.04. The third kappa shape index (κ3) is 4.44. The van der Waals surface area contributed by atoms with Gasteiger partial charge in [-0.05, 0) is 68.4 Å². The van der Waals surface area contributed by atoms with Crippen LogP contribution in [0.4, 0.5) is 5.82 Å². The highest BCUT2D eigenvalue weighted by molar-refractivity contribution is 6.26. The first-order chi connectivity index (χ1) is 14.9. The van der Waals surface area contributed by atoms with Crippen molar-refractivity contribution in [2.24, 2.45) is 11.8 Å². The average molecular weight is 425 g/mol. The molecule has 0 radical (unpaired) electrons. The Kier molecular flexibility index (Phi) is 7.02. The normalized spacial score (nSPS) is 13.7. The molecule has 1 aromatic heterocycles. The summed E-state index contributed by atoms with van der Waals surface area (Å²) in [4.78, 5) is 29.6. The first-order valence-corrected chi connectivity index (χ1v) is 10.4. The van der Waals surface area contributed by atoms with Crippen LogP contribution in [0.1, 0.15) is 43.5 Å². The van der Waals surface area contributed by atoms with Crippen molar-refractivity contribution < 1.29 is 19.1 Å². The van der Waals surface area contributed by atoms with E-state index in [-0.39, 0.29) is 18.1 Å². The monoisotopic (exact) mass is 424 g/mol. The van der Waals surface area contributed by atoms with Gasteiger partial charge in [0.1, 0.15) is 17.4 Å². The number of benzene rings is 1. The summed E-state index contributed by atoms with van der Waals surface area (Å²) in [5.41, 5.74) is 6.29. The van der Waals surface area contributed by atoms with E-state index in [1.165, 1.54) is 6.92 Å². The number of methoxy groups -OCH3 is 1. The Balaban J connectivity index is 2.27. The number of esters is 1. The Morgan fingerprint density at radius 2 is 1.90 bits per heavy atom. The summed E-state index contributed by atoms with van der Waals surface area (Å²) < 4.78 is 10.4. The predicted molar refractivity (Wildman–Crippen MR) is 118 cm³/mol. The topological polar surface area (TPSA) is 127 Å². The zero-order valence-corrected chi connectivity index (χ0v) is 18.1. The van der Waals surface area contributed by atoms with Gasteiger partial charge in [0.2, 0.25) is 0 Å². The molecule has 0 saturated heterocycles. The summed E-state index contributed by atoms with van der Waals surface area (Å²) in [6.45, 7) is 3.06. The molecule has 3 rings (SSSR count). The van der Waals surface area contributed by atoms with E-state index in [0.717, 1.165) is 48.1 Å². The number of hydrazine groups is 1. The Morgan fingerprint density at radius 3 is 2.48 bits per heavy atom. The Morgan fingerprint density at radius 1 is 1.23 bits per heavy atom. The molecule has 1 aromatic carbocycles. The highest BCUT2D eigenvalue weighted by atomic mass is 16.5. The molecule has 0 aliphatic heterocycles. The van der Waals surface area contributed by atoms with E-state index in [9.17, 15) is 9.59 Å². The van der Waals surface area contributed by atoms with Gasteiger partial charge in [0, 0.05) is 11.3 Å². The number of aryl methyl sites for hydroxylation is 1. The zero-order chi connectivity index (χ0) is 22.5. The number of hydrogen-bond acceptors (Lipinski definition) is 8. The van der Waals surface area contributed by atoms with Crippen molar-refractivity contribution in [2.75, 3.05) is 19.1 Å². The minimum absolute atomic E-state index is 0.117. The van der Waals surface area contributed by atoms with Gasteiger partial charge in [-0.25, -0.2) is 10.8 Å². The molecule has 1 unspecified atom stereocenters. The van der Waals surface area contributed by atoms with Crippen LogP contribution in [0, 0.1) is 11.3 Å². The summed E-state index contributed by atoms with van der Waals surface area (Å²) in [7, 11) is 1.59. The second-order valence-electron chi connectivity index (χ2n) is 7.42. The van der Waals surface area contributed by atoms with E-state index < -0.39 is 17.7 Å². The van der Waals surface area contributed by atoms with E-state index in [4.69, 9.17) is 20.7 Å². The molecule has 2 aromatic rings. The lowest BCUT2D eigenvalue weighted by Gasteiger charge is -2.26. The summed E-state index contributed by atoms with van der Waals surface area (Å²) in [5, 5.41) is 8.87. The Labute approximate surface area is 181 Å². The highest BCUT2D eigenvalue weighted by Gasteiger charge is 2.35. The molecule has 0 amide bonds. The number of Topliss-reactive ketones (excluding diaryl/α,β-unsaturated/α-hetero) is 1. The van der Waals surface area contributed by atoms with Crippen LogP contribution >= 0.6 is 0 Å². The number of anilines is 1. The number of carbonyl (C=O) groups excluding carboxylic acids is 2. The van der Waals surface area contributed by atoms with E-state index in [1.54, 1.807) is 14.0 Å². The number of pyridine rings is 1. The van der Waals surface area contributed by atoms with Gasteiger partial charge < -0.3 is 20.3 Å². The minimum atomic E-state index is -1.35. The molecular weight excluding hydrogens is 396 g/mol. The number of nitrogen functional groups attached to an aromatic ring is 1. The van der Waals surface area contributed by atoms with Crippen LogP contribution in [-0.2, 0) is 27.2 Å². The standard InChI is InChI=1S/C23H28N4O4/c1-4-31-23(29)18(13(2)28)21(24)20-19(14-9-11-15(30-3)12-10-14)16-7-5-6-8-17(16)26-22(20)27-25/h9-12,18,24H,4-8,25H2,1-3H3,(H,26,27). The van der Waals surface area contributed by atoms with Gasteiger partial charge >= 0.3 is 5.97 Å². The molecule has 0 spiro atoms. The third-order valence-electron chi connectivity index (χ3n) is 5.48. The number of nitrogens with one attached hydrogen (secondary N) is 2. The summed E-state index contributed by atoms with van der Waals surface area (Å²) in [5.74, 6) is 4.20. The quantitative estimate of drug-likeness (QED) is 0.195. The van der Waals surface area contributed by atoms with E-state index in [1.807, 2.05) is 24.3 Å². The number of nitrogens with two attached hydrogens (primary N) is 1. The van der Waals surface area contributed by atoms with Crippen LogP contribution in [0.3, 0.4) is 0 Å². The predicted octanol–water partition coefficient (Wildman–Crippen LogP) is 3.06. The van der Waals surface area contributed by atoms with Gasteiger partial charge in [-0.1, -0.05) is 12.1 Å². The second-order valence-corrected chi connectivity index (χ2v) is 7.42. The lowest BCUT2D eigenvalue weighted by Crippen LogP contribution is -2.34. The minimum Gasteiger partial charge on any atom is -0.497 e. The van der Waals surface area contributed by atoms with Gasteiger partial charge in [-0.2, -0.15) is 0 Å². The maximum Gasteiger partial charge on any atom is 0.322 e. The first kappa shape index (κ1) is 22.4. The van der Waals surface area contributed by atoms with Gasteiger partial charge in [0.25, 0.3) is 0 Å². The molecule has 4 N–H and O–H groups in total. The van der Waals surface area contributed by atoms with Gasteiger partial charge in [0.15, 0.2) is 5.92 Å². The molecule has 164 valence electrons. The second kappa shape index (κ2) is 9.70. The van der Waals surface area contributed by atoms with Gasteiger partial charge in [-0.15, -0.1) is 0 Å². The molecule has 1 heterocycles. The van der Waals surface area contributed by atoms with Crippen LogP contribution < -0.4 is 16.0 Å². The van der Waals surface area contributed by atoms with E-state index in [2.05, 4.69) is 10.4 Å². The Bertz CT molecular complexity index is 1000. The SMILES string of the molecule is CCOC(=O)C(C(=N)c1c(NN)nc2c(c1-c1ccc(OC)cc1)CCCC2)C(C)=O. The molecular formula is C23H28N4O4. The maximum absolute atomic E-state index is 12.5. The maximum atomic E-state index is 12.5. The van der Waals surface area contributed by atoms with Crippen molar-refractivity contribution >= 4 is 23.3 Å². The highest BCUT2D eigenvalue weighted by Crippen LogP contribution is 2.38. The van der Waals surface area contributed by atoms with Crippen LogP contribution in [0.2, 0.25) is 0 Å². The smallest absolute Gasteiger partial charge is 0.322 e. The van der Waals surface area contributed by atoms with Crippen LogP contribution in [0.5, 0.6) is 5.75 Å². The number of rotatable bonds is 8. The largest absolute Gasteiger partial charge is 0.497 e. The molecule has 8 heteroatoms. The molecule has 1 aliphatic carbocycles. The summed E-state index contributed by atoms with van der Waals surface area (Å²) >= 11 is 0. The third-order valence-corrected chi connectivity index (χ3v) is 5.48. The molecule has 31 heavy (non-hydrogen) atoms. The zero-order valence-electron chi connectivity index (χ0n) is 18.1. The van der Waals surface area contributed by atoms with Gasteiger partial charge in [-0.3, -0.25) is 9.59 Å².